The van der Waals surface area contributed by atoms with Crippen LogP contribution in [0.25, 0.3) is 5.69 Å². The van der Waals surface area contributed by atoms with E-state index in [9.17, 15) is 4.39 Å². The molecule has 1 aromatic heterocycles. The van der Waals surface area contributed by atoms with E-state index >= 15 is 0 Å². The second-order valence-corrected chi connectivity index (χ2v) is 3.95. The van der Waals surface area contributed by atoms with Crippen LogP contribution in [0.5, 0.6) is 0 Å². The summed E-state index contributed by atoms with van der Waals surface area (Å²) in [6, 6.07) is 4.34. The molecule has 0 fully saturated rings. The third kappa shape index (κ3) is 1.97. The molecule has 2 N–H and O–H groups in total. The van der Waals surface area contributed by atoms with Crippen molar-refractivity contribution in [3.63, 3.8) is 0 Å². The number of nitrogens with zero attached hydrogens (tertiary/aromatic N) is 2. The van der Waals surface area contributed by atoms with Gasteiger partial charge in [0.1, 0.15) is 5.82 Å². The van der Waals surface area contributed by atoms with Crippen LogP contribution in [-0.4, -0.2) is 9.78 Å². The Balaban J connectivity index is 2.56. The molecule has 2 aromatic rings. The summed E-state index contributed by atoms with van der Waals surface area (Å²) in [6.07, 6.45) is 3.65. The Morgan fingerprint density at radius 1 is 1.44 bits per heavy atom. The van der Waals surface area contributed by atoms with Crippen LogP contribution >= 0.6 is 0 Å². The van der Waals surface area contributed by atoms with Crippen LogP contribution < -0.4 is 5.73 Å². The van der Waals surface area contributed by atoms with E-state index in [0.29, 0.717) is 0 Å². The van der Waals surface area contributed by atoms with Gasteiger partial charge in [-0.3, -0.25) is 0 Å². The molecule has 0 saturated heterocycles. The van der Waals surface area contributed by atoms with Crippen molar-refractivity contribution in [2.45, 2.75) is 19.9 Å². The molecule has 0 aliphatic heterocycles. The summed E-state index contributed by atoms with van der Waals surface area (Å²) in [4.78, 5) is 0. The Bertz CT molecular complexity index is 503. The van der Waals surface area contributed by atoms with Crippen molar-refractivity contribution in [3.8, 4) is 5.69 Å². The van der Waals surface area contributed by atoms with E-state index in [1.165, 1.54) is 12.1 Å². The molecule has 84 valence electrons. The summed E-state index contributed by atoms with van der Waals surface area (Å²) in [7, 11) is 0. The SMILES string of the molecule is Cc1cnn(-c2ccc(F)cc2[C@@H](C)N)c1. The Morgan fingerprint density at radius 3 is 2.75 bits per heavy atom. The number of hydrogen-bond acceptors (Lipinski definition) is 2. The zero-order valence-corrected chi connectivity index (χ0v) is 9.31. The molecule has 1 heterocycles. The first kappa shape index (κ1) is 10.8. The van der Waals surface area contributed by atoms with Gasteiger partial charge in [0.05, 0.1) is 11.9 Å². The van der Waals surface area contributed by atoms with E-state index < -0.39 is 0 Å². The molecule has 3 nitrogen and oxygen atoms in total. The molecule has 4 heteroatoms. The van der Waals surface area contributed by atoms with E-state index in [0.717, 1.165) is 16.8 Å². The lowest BCUT2D eigenvalue weighted by atomic mass is 10.1. The summed E-state index contributed by atoms with van der Waals surface area (Å²) in [5.74, 6) is -0.278. The van der Waals surface area contributed by atoms with Crippen molar-refractivity contribution in [2.75, 3.05) is 0 Å². The van der Waals surface area contributed by atoms with Crippen LogP contribution in [0, 0.1) is 12.7 Å². The molecule has 0 amide bonds. The van der Waals surface area contributed by atoms with Gasteiger partial charge in [-0.05, 0) is 43.2 Å². The molecule has 0 aliphatic carbocycles. The van der Waals surface area contributed by atoms with Gasteiger partial charge in [0.15, 0.2) is 0 Å². The summed E-state index contributed by atoms with van der Waals surface area (Å²) in [5.41, 5.74) is 8.45. The molecule has 0 saturated carbocycles. The fourth-order valence-electron chi connectivity index (χ4n) is 1.64. The minimum atomic E-state index is -0.278. The smallest absolute Gasteiger partial charge is 0.123 e. The highest BCUT2D eigenvalue weighted by molar-refractivity contribution is 5.42. The molecule has 0 aliphatic rings. The molecular weight excluding hydrogens is 205 g/mol. The van der Waals surface area contributed by atoms with Crippen LogP contribution in [0.15, 0.2) is 30.6 Å². The summed E-state index contributed by atoms with van der Waals surface area (Å²) >= 11 is 0. The average molecular weight is 219 g/mol. The predicted molar refractivity (Wildman–Crippen MR) is 60.9 cm³/mol. The highest BCUT2D eigenvalue weighted by atomic mass is 19.1. The van der Waals surface area contributed by atoms with E-state index in [2.05, 4.69) is 5.10 Å². The number of benzene rings is 1. The van der Waals surface area contributed by atoms with Crippen molar-refractivity contribution >= 4 is 0 Å². The number of hydrogen-bond donors (Lipinski definition) is 1. The number of nitrogens with two attached hydrogens (primary N) is 1. The Morgan fingerprint density at radius 2 is 2.19 bits per heavy atom. The lowest BCUT2D eigenvalue weighted by Gasteiger charge is -2.12. The summed E-state index contributed by atoms with van der Waals surface area (Å²) in [6.45, 7) is 3.78. The predicted octanol–water partition coefficient (Wildman–Crippen LogP) is 2.34. The maximum Gasteiger partial charge on any atom is 0.123 e. The molecule has 0 bridgehead atoms. The number of halogens is 1. The largest absolute Gasteiger partial charge is 0.324 e. The van der Waals surface area contributed by atoms with E-state index in [1.54, 1.807) is 16.9 Å². The van der Waals surface area contributed by atoms with E-state index in [1.807, 2.05) is 20.0 Å². The minimum Gasteiger partial charge on any atom is -0.324 e. The summed E-state index contributed by atoms with van der Waals surface area (Å²) in [5, 5.41) is 4.20. The van der Waals surface area contributed by atoms with Gasteiger partial charge >= 0.3 is 0 Å². The van der Waals surface area contributed by atoms with Gasteiger partial charge in [-0.25, -0.2) is 9.07 Å². The van der Waals surface area contributed by atoms with Crippen LogP contribution in [0.2, 0.25) is 0 Å². The van der Waals surface area contributed by atoms with Gasteiger partial charge in [0.25, 0.3) is 0 Å². The molecule has 2 rings (SSSR count). The maximum absolute atomic E-state index is 13.1. The van der Waals surface area contributed by atoms with Gasteiger partial charge in [0.2, 0.25) is 0 Å². The maximum atomic E-state index is 13.1. The van der Waals surface area contributed by atoms with Gasteiger partial charge in [-0.1, -0.05) is 0 Å². The zero-order valence-electron chi connectivity index (χ0n) is 9.31. The number of rotatable bonds is 2. The molecule has 16 heavy (non-hydrogen) atoms. The highest BCUT2D eigenvalue weighted by Gasteiger charge is 2.10. The first-order valence-electron chi connectivity index (χ1n) is 5.14. The quantitative estimate of drug-likeness (QED) is 0.842. The van der Waals surface area contributed by atoms with E-state index in [4.69, 9.17) is 5.73 Å². The van der Waals surface area contributed by atoms with E-state index in [-0.39, 0.29) is 11.9 Å². The lowest BCUT2D eigenvalue weighted by Crippen LogP contribution is -2.10. The summed E-state index contributed by atoms with van der Waals surface area (Å²) < 4.78 is 14.9. The zero-order chi connectivity index (χ0) is 11.7. The molecule has 0 unspecified atom stereocenters. The normalized spacial score (nSPS) is 12.8. The topological polar surface area (TPSA) is 43.8 Å². The third-order valence-corrected chi connectivity index (χ3v) is 2.44. The Kier molecular flexibility index (Phi) is 2.75. The Labute approximate surface area is 93.7 Å². The molecule has 0 spiro atoms. The fourth-order valence-corrected chi connectivity index (χ4v) is 1.64. The van der Waals surface area contributed by atoms with Crippen LogP contribution in [-0.2, 0) is 0 Å². The molecular formula is C12H14FN3. The highest BCUT2D eigenvalue weighted by Crippen LogP contribution is 2.21. The lowest BCUT2D eigenvalue weighted by molar-refractivity contribution is 0.620. The van der Waals surface area contributed by atoms with Crippen LogP contribution in [0.3, 0.4) is 0 Å². The van der Waals surface area contributed by atoms with Gasteiger partial charge < -0.3 is 5.73 Å². The number of aryl methyl sites for hydroxylation is 1. The van der Waals surface area contributed by atoms with Crippen LogP contribution in [0.1, 0.15) is 24.1 Å². The van der Waals surface area contributed by atoms with Crippen molar-refractivity contribution in [1.82, 2.24) is 9.78 Å². The van der Waals surface area contributed by atoms with Crippen molar-refractivity contribution < 1.29 is 4.39 Å². The van der Waals surface area contributed by atoms with Crippen LogP contribution in [0.4, 0.5) is 4.39 Å². The van der Waals surface area contributed by atoms with Crippen molar-refractivity contribution in [2.24, 2.45) is 5.73 Å². The average Bonchev–Trinajstić information content (AvgIpc) is 2.64. The second-order valence-electron chi connectivity index (χ2n) is 3.95. The van der Waals surface area contributed by atoms with Gasteiger partial charge in [0, 0.05) is 12.2 Å². The second kappa shape index (κ2) is 4.06. The molecule has 1 aromatic carbocycles. The first-order valence-corrected chi connectivity index (χ1v) is 5.14. The fraction of sp³-hybridized carbons (Fsp3) is 0.250. The van der Waals surface area contributed by atoms with Crippen molar-refractivity contribution in [3.05, 3.63) is 47.5 Å². The van der Waals surface area contributed by atoms with Crippen molar-refractivity contribution in [1.29, 1.82) is 0 Å². The molecule has 0 radical (unpaired) electrons. The van der Waals surface area contributed by atoms with Gasteiger partial charge in [-0.2, -0.15) is 5.10 Å². The molecule has 1 atom stereocenters. The van der Waals surface area contributed by atoms with Gasteiger partial charge in [-0.15, -0.1) is 0 Å². The monoisotopic (exact) mass is 219 g/mol. The standard InChI is InChI=1S/C12H14FN3/c1-8-6-15-16(7-8)12-4-3-10(13)5-11(12)9(2)14/h3-7,9H,14H2,1-2H3/t9-/m1/s1. The number of aromatic nitrogens is 2. The third-order valence-electron chi connectivity index (χ3n) is 2.44. The Hall–Kier alpha value is -1.68. The first-order chi connectivity index (χ1) is 7.58. The minimum absolute atomic E-state index is 0.227.